The molecular weight excluding hydrogens is 338 g/mol. The molecule has 1 unspecified atom stereocenters. The molecule has 1 amide bonds. The fraction of sp³-hybridized carbons (Fsp3) is 0.682. The summed E-state index contributed by atoms with van der Waals surface area (Å²) in [6, 6.07) is 9.48. The molecule has 1 aromatic rings. The highest BCUT2D eigenvalue weighted by atomic mass is 16.6. The van der Waals surface area contributed by atoms with Gasteiger partial charge in [-0.05, 0) is 51.2 Å². The summed E-state index contributed by atoms with van der Waals surface area (Å²) in [6.07, 6.45) is 4.21. The van der Waals surface area contributed by atoms with Crippen LogP contribution >= 0.6 is 0 Å². The molecule has 0 spiro atoms. The first-order valence-electron chi connectivity index (χ1n) is 10.6. The number of nitrogens with zero attached hydrogens (tertiary/aromatic N) is 2. The van der Waals surface area contributed by atoms with Crippen LogP contribution in [0.2, 0.25) is 0 Å². The fourth-order valence-electron chi connectivity index (χ4n) is 3.07. The summed E-state index contributed by atoms with van der Waals surface area (Å²) in [5, 5.41) is 2.84. The predicted molar refractivity (Wildman–Crippen MR) is 114 cm³/mol. The molecular formula is C22H39N3O2. The average Bonchev–Trinajstić information content (AvgIpc) is 2.68. The highest BCUT2D eigenvalue weighted by Crippen LogP contribution is 2.09. The van der Waals surface area contributed by atoms with Crippen molar-refractivity contribution in [2.45, 2.75) is 59.5 Å². The van der Waals surface area contributed by atoms with Crippen LogP contribution in [0.25, 0.3) is 0 Å². The molecule has 5 heteroatoms. The first kappa shape index (κ1) is 23.4. The molecule has 0 aliphatic heterocycles. The van der Waals surface area contributed by atoms with Gasteiger partial charge < -0.3 is 9.64 Å². The van der Waals surface area contributed by atoms with E-state index in [1.807, 2.05) is 30.3 Å². The number of hydrogen-bond donors (Lipinski definition) is 1. The standard InChI is InChI=1S/C22H39N3O2/c1-5-9-16-25(17-10-6-2)19-21(18-24(7-3)8-4)27-22(26)23-20-14-12-11-13-15-20/h11-15,21H,5-10,16-19H2,1-4H3,(H,23,26). The highest BCUT2D eigenvalue weighted by Gasteiger charge is 2.20. The highest BCUT2D eigenvalue weighted by molar-refractivity contribution is 5.84. The Morgan fingerprint density at radius 2 is 1.48 bits per heavy atom. The van der Waals surface area contributed by atoms with E-state index in [1.54, 1.807) is 0 Å². The molecule has 1 N–H and O–H groups in total. The van der Waals surface area contributed by atoms with Crippen LogP contribution in [0, 0.1) is 0 Å². The number of amides is 1. The summed E-state index contributed by atoms with van der Waals surface area (Å²) >= 11 is 0. The number of likely N-dealkylation sites (N-methyl/N-ethyl adjacent to an activating group) is 1. The average molecular weight is 378 g/mol. The van der Waals surface area contributed by atoms with Gasteiger partial charge in [-0.1, -0.05) is 58.7 Å². The van der Waals surface area contributed by atoms with Gasteiger partial charge in [0, 0.05) is 18.8 Å². The van der Waals surface area contributed by atoms with E-state index in [-0.39, 0.29) is 12.2 Å². The van der Waals surface area contributed by atoms with E-state index < -0.39 is 0 Å². The van der Waals surface area contributed by atoms with Crippen LogP contribution in [0.15, 0.2) is 30.3 Å². The Bertz CT molecular complexity index is 484. The second-order valence-corrected chi connectivity index (χ2v) is 7.01. The third-order valence-corrected chi connectivity index (χ3v) is 4.77. The Kier molecular flexibility index (Phi) is 12.6. The largest absolute Gasteiger partial charge is 0.443 e. The molecule has 154 valence electrons. The molecule has 27 heavy (non-hydrogen) atoms. The summed E-state index contributed by atoms with van der Waals surface area (Å²) in [4.78, 5) is 17.2. The zero-order valence-corrected chi connectivity index (χ0v) is 17.7. The molecule has 0 saturated carbocycles. The molecule has 0 fully saturated rings. The number of unbranched alkanes of at least 4 members (excludes halogenated alkanes) is 2. The maximum atomic E-state index is 12.4. The minimum atomic E-state index is -0.371. The zero-order valence-electron chi connectivity index (χ0n) is 17.7. The van der Waals surface area contributed by atoms with Gasteiger partial charge in [0.25, 0.3) is 0 Å². The number of para-hydroxylation sites is 1. The molecule has 0 radical (unpaired) electrons. The van der Waals surface area contributed by atoms with E-state index in [2.05, 4.69) is 42.8 Å². The van der Waals surface area contributed by atoms with Crippen molar-refractivity contribution in [3.8, 4) is 0 Å². The topological polar surface area (TPSA) is 44.8 Å². The van der Waals surface area contributed by atoms with Crippen molar-refractivity contribution in [1.82, 2.24) is 9.80 Å². The van der Waals surface area contributed by atoms with Gasteiger partial charge in [-0.25, -0.2) is 4.79 Å². The summed E-state index contributed by atoms with van der Waals surface area (Å²) in [5.74, 6) is 0. The van der Waals surface area contributed by atoms with Crippen molar-refractivity contribution in [1.29, 1.82) is 0 Å². The number of carbonyl (C=O) groups is 1. The number of nitrogens with one attached hydrogen (secondary N) is 1. The van der Waals surface area contributed by atoms with Gasteiger partial charge in [0.15, 0.2) is 0 Å². The second-order valence-electron chi connectivity index (χ2n) is 7.01. The summed E-state index contributed by atoms with van der Waals surface area (Å²) in [5.41, 5.74) is 0.762. The molecule has 0 saturated heterocycles. The monoisotopic (exact) mass is 377 g/mol. The summed E-state index contributed by atoms with van der Waals surface area (Å²) in [7, 11) is 0. The molecule has 1 aromatic carbocycles. The second kappa shape index (κ2) is 14.5. The van der Waals surface area contributed by atoms with Crippen LogP contribution in [0.1, 0.15) is 53.4 Å². The van der Waals surface area contributed by atoms with Crippen molar-refractivity contribution >= 4 is 11.8 Å². The predicted octanol–water partition coefficient (Wildman–Crippen LogP) is 4.85. The van der Waals surface area contributed by atoms with Gasteiger partial charge in [-0.3, -0.25) is 10.2 Å². The van der Waals surface area contributed by atoms with E-state index in [1.165, 1.54) is 25.7 Å². The van der Waals surface area contributed by atoms with Crippen molar-refractivity contribution in [2.75, 3.05) is 44.6 Å². The molecule has 1 atom stereocenters. The minimum Gasteiger partial charge on any atom is -0.443 e. The first-order valence-corrected chi connectivity index (χ1v) is 10.6. The van der Waals surface area contributed by atoms with E-state index >= 15 is 0 Å². The maximum absolute atomic E-state index is 12.4. The minimum absolute atomic E-state index is 0.137. The Balaban J connectivity index is 2.72. The van der Waals surface area contributed by atoms with Crippen LogP contribution in [-0.2, 0) is 4.74 Å². The quantitative estimate of drug-likeness (QED) is 0.503. The Labute approximate surface area is 166 Å². The van der Waals surface area contributed by atoms with E-state index in [0.29, 0.717) is 0 Å². The number of hydrogen-bond acceptors (Lipinski definition) is 4. The van der Waals surface area contributed by atoms with Crippen LogP contribution in [-0.4, -0.2) is 61.3 Å². The zero-order chi connectivity index (χ0) is 19.9. The van der Waals surface area contributed by atoms with Crippen LogP contribution in [0.3, 0.4) is 0 Å². The molecule has 1 rings (SSSR count). The molecule has 0 aliphatic rings. The Morgan fingerprint density at radius 3 is 2.00 bits per heavy atom. The lowest BCUT2D eigenvalue weighted by Gasteiger charge is -2.30. The number of ether oxygens (including phenoxy) is 1. The van der Waals surface area contributed by atoms with Gasteiger partial charge in [0.1, 0.15) is 6.10 Å². The number of benzene rings is 1. The third-order valence-electron chi connectivity index (χ3n) is 4.77. The maximum Gasteiger partial charge on any atom is 0.411 e. The lowest BCUT2D eigenvalue weighted by Crippen LogP contribution is -2.44. The number of anilines is 1. The third kappa shape index (κ3) is 10.4. The lowest BCUT2D eigenvalue weighted by atomic mass is 10.2. The normalized spacial score (nSPS) is 12.4. The van der Waals surface area contributed by atoms with Crippen LogP contribution < -0.4 is 5.32 Å². The Morgan fingerprint density at radius 1 is 0.926 bits per heavy atom. The fourth-order valence-corrected chi connectivity index (χ4v) is 3.07. The van der Waals surface area contributed by atoms with Gasteiger partial charge in [-0.2, -0.15) is 0 Å². The van der Waals surface area contributed by atoms with Crippen LogP contribution in [0.4, 0.5) is 10.5 Å². The Hall–Kier alpha value is -1.59. The molecule has 0 heterocycles. The van der Waals surface area contributed by atoms with Gasteiger partial charge in [0.2, 0.25) is 0 Å². The molecule has 0 aromatic heterocycles. The van der Waals surface area contributed by atoms with E-state index in [0.717, 1.165) is 45.0 Å². The van der Waals surface area contributed by atoms with E-state index in [9.17, 15) is 4.79 Å². The summed E-state index contributed by atoms with van der Waals surface area (Å²) < 4.78 is 5.85. The number of carbonyl (C=O) groups excluding carboxylic acids is 1. The number of rotatable bonds is 14. The van der Waals surface area contributed by atoms with Gasteiger partial charge in [0.05, 0.1) is 0 Å². The molecule has 0 aliphatic carbocycles. The smallest absolute Gasteiger partial charge is 0.411 e. The SMILES string of the molecule is CCCCN(CCCC)CC(CN(CC)CC)OC(=O)Nc1ccccc1. The van der Waals surface area contributed by atoms with E-state index in [4.69, 9.17) is 4.74 Å². The molecule has 0 bridgehead atoms. The van der Waals surface area contributed by atoms with Gasteiger partial charge >= 0.3 is 6.09 Å². The first-order chi connectivity index (χ1) is 13.1. The summed E-state index contributed by atoms with van der Waals surface area (Å²) in [6.45, 7) is 14.3. The lowest BCUT2D eigenvalue weighted by molar-refractivity contribution is 0.0543. The molecule has 5 nitrogen and oxygen atoms in total. The van der Waals surface area contributed by atoms with Crippen molar-refractivity contribution < 1.29 is 9.53 Å². The van der Waals surface area contributed by atoms with Crippen LogP contribution in [0.5, 0.6) is 0 Å². The van der Waals surface area contributed by atoms with Crippen molar-refractivity contribution in [3.63, 3.8) is 0 Å². The van der Waals surface area contributed by atoms with Crippen molar-refractivity contribution in [2.24, 2.45) is 0 Å². The van der Waals surface area contributed by atoms with Crippen molar-refractivity contribution in [3.05, 3.63) is 30.3 Å². The van der Waals surface area contributed by atoms with Gasteiger partial charge in [-0.15, -0.1) is 0 Å².